The first kappa shape index (κ1) is 24.2. The lowest BCUT2D eigenvalue weighted by atomic mass is 9.95. The van der Waals surface area contributed by atoms with Crippen LogP contribution in [-0.4, -0.2) is 52.8 Å². The number of nitrogens with zero attached hydrogens (tertiary/aromatic N) is 2. The molecule has 0 radical (unpaired) electrons. The summed E-state index contributed by atoms with van der Waals surface area (Å²) in [6.07, 6.45) is 0.735. The molecule has 4 rings (SSSR count). The molecule has 34 heavy (non-hydrogen) atoms. The van der Waals surface area contributed by atoms with E-state index in [4.69, 9.17) is 4.42 Å². The molecule has 1 atom stereocenters. The monoisotopic (exact) mass is 524 g/mol. The Morgan fingerprint density at radius 3 is 2.50 bits per heavy atom. The number of hydrogen-bond acceptors (Lipinski definition) is 5. The number of Topliss-reactive ketones (excluding diaryl/α,β-unsaturated/α-hetero) is 1. The molecule has 6 nitrogen and oxygen atoms in total. The number of aliphatic hydroxyl groups is 1. The molecule has 2 aromatic carbocycles. The summed E-state index contributed by atoms with van der Waals surface area (Å²) in [6.45, 7) is 9.30. The predicted molar refractivity (Wildman–Crippen MR) is 136 cm³/mol. The molecule has 1 N–H and O–H groups in total. The largest absolute Gasteiger partial charge is 0.503 e. The lowest BCUT2D eigenvalue weighted by Crippen LogP contribution is -2.34. The Kier molecular flexibility index (Phi) is 7.24. The van der Waals surface area contributed by atoms with Gasteiger partial charge < -0.3 is 19.3 Å². The van der Waals surface area contributed by atoms with Crippen molar-refractivity contribution in [1.82, 2.24) is 9.80 Å². The fraction of sp³-hybridized carbons (Fsp3) is 0.333. The Morgan fingerprint density at radius 1 is 1.12 bits per heavy atom. The second-order valence-corrected chi connectivity index (χ2v) is 9.49. The quantitative estimate of drug-likeness (QED) is 0.357. The summed E-state index contributed by atoms with van der Waals surface area (Å²) < 4.78 is 6.71. The van der Waals surface area contributed by atoms with Crippen molar-refractivity contribution >= 4 is 38.6 Å². The fourth-order valence-corrected chi connectivity index (χ4v) is 4.78. The van der Waals surface area contributed by atoms with Gasteiger partial charge in [0.2, 0.25) is 5.78 Å². The van der Waals surface area contributed by atoms with E-state index in [9.17, 15) is 14.7 Å². The molecular weight excluding hydrogens is 496 g/mol. The zero-order chi connectivity index (χ0) is 24.4. The first-order valence-electron chi connectivity index (χ1n) is 11.6. The Morgan fingerprint density at radius 2 is 1.82 bits per heavy atom. The summed E-state index contributed by atoms with van der Waals surface area (Å²) in [4.78, 5) is 30.6. The Bertz CT molecular complexity index is 1240. The summed E-state index contributed by atoms with van der Waals surface area (Å²) in [7, 11) is 0. The molecule has 0 spiro atoms. The van der Waals surface area contributed by atoms with E-state index in [1.807, 2.05) is 49.4 Å². The van der Waals surface area contributed by atoms with E-state index in [0.717, 1.165) is 47.0 Å². The number of rotatable bonds is 9. The first-order chi connectivity index (χ1) is 16.3. The molecule has 3 aromatic rings. The third-order valence-corrected chi connectivity index (χ3v) is 6.93. The van der Waals surface area contributed by atoms with Crippen molar-refractivity contribution in [1.29, 1.82) is 0 Å². The summed E-state index contributed by atoms with van der Waals surface area (Å²) in [5.74, 6) is -1.39. The molecule has 7 heteroatoms. The molecule has 178 valence electrons. The summed E-state index contributed by atoms with van der Waals surface area (Å²) in [6, 6.07) is 14.1. The van der Waals surface area contributed by atoms with Gasteiger partial charge in [-0.2, -0.15) is 0 Å². The van der Waals surface area contributed by atoms with Crippen LogP contribution in [0.25, 0.3) is 11.0 Å². The van der Waals surface area contributed by atoms with Crippen molar-refractivity contribution in [2.45, 2.75) is 33.2 Å². The highest BCUT2D eigenvalue weighted by Gasteiger charge is 2.44. The van der Waals surface area contributed by atoms with Gasteiger partial charge in [0.25, 0.3) is 5.91 Å². The summed E-state index contributed by atoms with van der Waals surface area (Å²) in [5, 5.41) is 11.7. The molecule has 0 aliphatic carbocycles. The number of amides is 1. The number of carbonyl (C=O) groups is 2. The standard InChI is InChI=1S/C27H29BrN2O4/c1-4-29(5-2)13-6-14-30-24(18-8-10-20(28)11-9-18)23(26(32)27(30)33)25(31)22-16-19-15-17(3)7-12-21(19)34-22/h7-12,15-16,24,32H,4-6,13-14H2,1-3H3. The maximum absolute atomic E-state index is 13.6. The van der Waals surface area contributed by atoms with Crippen molar-refractivity contribution < 1.29 is 19.1 Å². The van der Waals surface area contributed by atoms with Crippen LogP contribution in [0.4, 0.5) is 0 Å². The van der Waals surface area contributed by atoms with Gasteiger partial charge in [0.15, 0.2) is 11.5 Å². The van der Waals surface area contributed by atoms with Crippen LogP contribution in [0.5, 0.6) is 0 Å². The van der Waals surface area contributed by atoms with Crippen molar-refractivity contribution in [3.63, 3.8) is 0 Å². The van der Waals surface area contributed by atoms with Gasteiger partial charge in [-0.1, -0.05) is 53.5 Å². The molecule has 2 heterocycles. The molecule has 0 saturated carbocycles. The van der Waals surface area contributed by atoms with Gasteiger partial charge >= 0.3 is 0 Å². The topological polar surface area (TPSA) is 74.0 Å². The van der Waals surface area contributed by atoms with Gasteiger partial charge in [-0.15, -0.1) is 0 Å². The van der Waals surface area contributed by atoms with E-state index in [1.54, 1.807) is 11.0 Å². The second kappa shape index (κ2) is 10.2. The maximum Gasteiger partial charge on any atom is 0.290 e. The molecule has 0 fully saturated rings. The van der Waals surface area contributed by atoms with E-state index in [-0.39, 0.29) is 11.3 Å². The van der Waals surface area contributed by atoms with Crippen LogP contribution < -0.4 is 0 Å². The van der Waals surface area contributed by atoms with Gasteiger partial charge in [-0.3, -0.25) is 9.59 Å². The minimum atomic E-state index is -0.681. The van der Waals surface area contributed by atoms with Crippen LogP contribution in [0.2, 0.25) is 0 Å². The van der Waals surface area contributed by atoms with Crippen LogP contribution in [0.3, 0.4) is 0 Å². The van der Waals surface area contributed by atoms with E-state index in [0.29, 0.717) is 12.1 Å². The van der Waals surface area contributed by atoms with Crippen molar-refractivity contribution in [3.8, 4) is 0 Å². The number of aryl methyl sites for hydroxylation is 1. The second-order valence-electron chi connectivity index (χ2n) is 8.58. The molecule has 0 bridgehead atoms. The smallest absolute Gasteiger partial charge is 0.290 e. The third kappa shape index (κ3) is 4.68. The molecular formula is C27H29BrN2O4. The molecule has 0 saturated heterocycles. The number of aliphatic hydroxyl groups excluding tert-OH is 1. The van der Waals surface area contributed by atoms with Gasteiger partial charge in [0, 0.05) is 16.4 Å². The average molecular weight is 525 g/mol. The van der Waals surface area contributed by atoms with Crippen LogP contribution in [0.15, 0.2) is 68.8 Å². The number of carbonyl (C=O) groups excluding carboxylic acids is 2. The molecule has 1 amide bonds. The molecule has 1 aliphatic heterocycles. The highest BCUT2D eigenvalue weighted by molar-refractivity contribution is 9.10. The first-order valence-corrected chi connectivity index (χ1v) is 12.4. The zero-order valence-corrected chi connectivity index (χ0v) is 21.3. The van der Waals surface area contributed by atoms with Gasteiger partial charge in [0.1, 0.15) is 5.58 Å². The fourth-order valence-electron chi connectivity index (χ4n) is 4.52. The molecule has 1 unspecified atom stereocenters. The lowest BCUT2D eigenvalue weighted by molar-refractivity contribution is -0.129. The van der Waals surface area contributed by atoms with Crippen LogP contribution in [0.1, 0.15) is 48.0 Å². The van der Waals surface area contributed by atoms with Crippen LogP contribution >= 0.6 is 15.9 Å². The molecule has 1 aliphatic rings. The minimum Gasteiger partial charge on any atom is -0.503 e. The number of furan rings is 1. The highest BCUT2D eigenvalue weighted by atomic mass is 79.9. The Balaban J connectivity index is 1.70. The van der Waals surface area contributed by atoms with Crippen LogP contribution in [-0.2, 0) is 4.79 Å². The van der Waals surface area contributed by atoms with Crippen molar-refractivity contribution in [2.75, 3.05) is 26.2 Å². The number of halogens is 1. The number of ketones is 1. The van der Waals surface area contributed by atoms with Crippen LogP contribution in [0, 0.1) is 6.92 Å². The van der Waals surface area contributed by atoms with E-state index in [2.05, 4.69) is 34.7 Å². The Labute approximate surface area is 208 Å². The normalized spacial score (nSPS) is 16.3. The van der Waals surface area contributed by atoms with Gasteiger partial charge in [-0.05, 0) is 68.9 Å². The predicted octanol–water partition coefficient (Wildman–Crippen LogP) is 5.81. The van der Waals surface area contributed by atoms with Crippen molar-refractivity contribution in [2.24, 2.45) is 0 Å². The van der Waals surface area contributed by atoms with Gasteiger partial charge in [-0.25, -0.2) is 0 Å². The SMILES string of the molecule is CCN(CC)CCCN1C(=O)C(O)=C(C(=O)c2cc3cc(C)ccc3o2)C1c1ccc(Br)cc1. The number of fused-ring (bicyclic) bond motifs is 1. The zero-order valence-electron chi connectivity index (χ0n) is 19.7. The summed E-state index contributed by atoms with van der Waals surface area (Å²) >= 11 is 3.44. The maximum atomic E-state index is 13.6. The Hall–Kier alpha value is -2.90. The number of hydrogen-bond donors (Lipinski definition) is 1. The van der Waals surface area contributed by atoms with Gasteiger partial charge in [0.05, 0.1) is 11.6 Å². The van der Waals surface area contributed by atoms with E-state index < -0.39 is 23.5 Å². The van der Waals surface area contributed by atoms with E-state index >= 15 is 0 Å². The average Bonchev–Trinajstić information content (AvgIpc) is 3.36. The summed E-state index contributed by atoms with van der Waals surface area (Å²) in [5.41, 5.74) is 2.47. The lowest BCUT2D eigenvalue weighted by Gasteiger charge is -2.28. The third-order valence-electron chi connectivity index (χ3n) is 6.40. The van der Waals surface area contributed by atoms with E-state index in [1.165, 1.54) is 0 Å². The minimum absolute atomic E-state index is 0.0611. The number of benzene rings is 2. The van der Waals surface area contributed by atoms with Crippen molar-refractivity contribution in [3.05, 3.63) is 81.2 Å². The molecule has 1 aromatic heterocycles. The highest BCUT2D eigenvalue weighted by Crippen LogP contribution is 2.40.